The molecule has 3 amide bonds. The third kappa shape index (κ3) is 6.04. The van der Waals surface area contributed by atoms with Gasteiger partial charge in [-0.15, -0.1) is 0 Å². The summed E-state index contributed by atoms with van der Waals surface area (Å²) < 4.78 is 16.7. The van der Waals surface area contributed by atoms with Gasteiger partial charge in [-0.3, -0.25) is 14.4 Å². The molecule has 13 heteroatoms. The van der Waals surface area contributed by atoms with E-state index in [1.165, 1.54) is 32.5 Å². The predicted octanol–water partition coefficient (Wildman–Crippen LogP) is 2.71. The molecule has 2 aromatic carbocycles. The first-order chi connectivity index (χ1) is 19.2. The molecule has 0 bridgehead atoms. The van der Waals surface area contributed by atoms with Crippen LogP contribution in [0.4, 0.5) is 23.0 Å². The summed E-state index contributed by atoms with van der Waals surface area (Å²) in [5, 5.41) is 5.67. The van der Waals surface area contributed by atoms with E-state index in [1.807, 2.05) is 11.0 Å². The molecule has 1 aliphatic rings. The number of hydrogen-bond acceptors (Lipinski definition) is 10. The van der Waals surface area contributed by atoms with Gasteiger partial charge in [-0.1, -0.05) is 6.58 Å². The van der Waals surface area contributed by atoms with Crippen LogP contribution in [0.25, 0.3) is 0 Å². The van der Waals surface area contributed by atoms with Crippen molar-refractivity contribution in [3.63, 3.8) is 0 Å². The van der Waals surface area contributed by atoms with Crippen LogP contribution in [0.3, 0.4) is 0 Å². The average Bonchev–Trinajstić information content (AvgIpc) is 3.44. The van der Waals surface area contributed by atoms with Gasteiger partial charge in [0.1, 0.15) is 23.1 Å². The Bertz CT molecular complexity index is 1460. The molecule has 208 valence electrons. The Labute approximate surface area is 230 Å². The minimum absolute atomic E-state index is 0.0763. The van der Waals surface area contributed by atoms with E-state index in [0.29, 0.717) is 30.2 Å². The quantitative estimate of drug-likeness (QED) is 0.260. The van der Waals surface area contributed by atoms with Crippen molar-refractivity contribution < 1.29 is 28.6 Å². The fourth-order valence-corrected chi connectivity index (χ4v) is 4.24. The molecule has 0 spiro atoms. The summed E-state index contributed by atoms with van der Waals surface area (Å²) in [5.74, 6) is -0.666. The van der Waals surface area contributed by atoms with Crippen molar-refractivity contribution in [3.05, 3.63) is 60.8 Å². The van der Waals surface area contributed by atoms with Crippen molar-refractivity contribution in [3.8, 4) is 23.1 Å². The van der Waals surface area contributed by atoms with Crippen molar-refractivity contribution in [2.45, 2.75) is 18.9 Å². The zero-order valence-corrected chi connectivity index (χ0v) is 22.0. The SMILES string of the molecule is C=CC(=O)Nc1cc(OC)ccc1Oc1nc(Nc2ccc(N3CCCC3C(N)=O)cc2OC)ncc1C(N)=O. The number of nitrogens with two attached hydrogens (primary N) is 2. The lowest BCUT2D eigenvalue weighted by molar-refractivity contribution is -0.119. The first-order valence-corrected chi connectivity index (χ1v) is 12.2. The van der Waals surface area contributed by atoms with Gasteiger partial charge in [0.25, 0.3) is 5.91 Å². The highest BCUT2D eigenvalue weighted by molar-refractivity contribution is 6.00. The number of aromatic nitrogens is 2. The standard InChI is InChI=1S/C27H29N7O6/c1-4-23(35)31-19-13-16(38-2)8-10-21(19)40-26-17(24(28)36)14-30-27(33-26)32-18-9-7-15(12-22(18)39-3)34-11-5-6-20(34)25(29)37/h4,7-10,12-14,20H,1,5-6,11H2,2-3H3,(H2,28,36)(H2,29,37)(H,31,35)(H,30,32,33). The number of nitrogens with zero attached hydrogens (tertiary/aromatic N) is 3. The molecular weight excluding hydrogens is 518 g/mol. The summed E-state index contributed by atoms with van der Waals surface area (Å²) in [4.78, 5) is 46.4. The third-order valence-electron chi connectivity index (χ3n) is 6.20. The lowest BCUT2D eigenvalue weighted by Crippen LogP contribution is -2.40. The average molecular weight is 548 g/mol. The van der Waals surface area contributed by atoms with Crippen LogP contribution in [0.15, 0.2) is 55.3 Å². The monoisotopic (exact) mass is 547 g/mol. The largest absolute Gasteiger partial charge is 0.497 e. The second-order valence-corrected chi connectivity index (χ2v) is 8.70. The zero-order valence-electron chi connectivity index (χ0n) is 22.0. The number of ether oxygens (including phenoxy) is 3. The Kier molecular flexibility index (Phi) is 8.33. The molecule has 4 rings (SSSR count). The van der Waals surface area contributed by atoms with Crippen LogP contribution in [0.5, 0.6) is 23.1 Å². The Hall–Kier alpha value is -5.33. The van der Waals surface area contributed by atoms with E-state index in [2.05, 4.69) is 27.2 Å². The van der Waals surface area contributed by atoms with Gasteiger partial charge in [0, 0.05) is 30.6 Å². The van der Waals surface area contributed by atoms with Crippen LogP contribution in [0.2, 0.25) is 0 Å². The second-order valence-electron chi connectivity index (χ2n) is 8.70. The first-order valence-electron chi connectivity index (χ1n) is 12.2. The van der Waals surface area contributed by atoms with Gasteiger partial charge in [0.15, 0.2) is 5.75 Å². The van der Waals surface area contributed by atoms with Crippen LogP contribution in [0.1, 0.15) is 23.2 Å². The number of carbonyl (C=O) groups is 3. The predicted molar refractivity (Wildman–Crippen MR) is 148 cm³/mol. The molecule has 13 nitrogen and oxygen atoms in total. The molecule has 1 aromatic heterocycles. The maximum atomic E-state index is 12.1. The number of nitrogens with one attached hydrogen (secondary N) is 2. The molecule has 0 saturated carbocycles. The molecule has 1 saturated heterocycles. The molecule has 1 atom stereocenters. The number of rotatable bonds is 11. The summed E-state index contributed by atoms with van der Waals surface area (Å²) in [5.41, 5.74) is 12.6. The van der Waals surface area contributed by atoms with E-state index in [9.17, 15) is 14.4 Å². The molecule has 1 aliphatic heterocycles. The molecule has 2 heterocycles. The number of anilines is 4. The lowest BCUT2D eigenvalue weighted by Gasteiger charge is -2.25. The van der Waals surface area contributed by atoms with Gasteiger partial charge in [-0.2, -0.15) is 4.98 Å². The summed E-state index contributed by atoms with van der Waals surface area (Å²) in [6.45, 7) is 4.14. The molecule has 0 aliphatic carbocycles. The topological polar surface area (TPSA) is 184 Å². The van der Waals surface area contributed by atoms with Crippen molar-refractivity contribution >= 4 is 40.7 Å². The highest BCUT2D eigenvalue weighted by Gasteiger charge is 2.29. The van der Waals surface area contributed by atoms with E-state index in [-0.39, 0.29) is 40.8 Å². The molecule has 1 fully saturated rings. The summed E-state index contributed by atoms with van der Waals surface area (Å²) in [6.07, 6.45) is 3.86. The van der Waals surface area contributed by atoms with Crippen molar-refractivity contribution in [2.75, 3.05) is 36.3 Å². The van der Waals surface area contributed by atoms with Crippen molar-refractivity contribution in [2.24, 2.45) is 11.5 Å². The highest BCUT2D eigenvalue weighted by atomic mass is 16.5. The van der Waals surface area contributed by atoms with E-state index in [0.717, 1.165) is 18.2 Å². The summed E-state index contributed by atoms with van der Waals surface area (Å²) in [6, 6.07) is 9.67. The van der Waals surface area contributed by atoms with Gasteiger partial charge in [-0.25, -0.2) is 4.98 Å². The van der Waals surface area contributed by atoms with E-state index >= 15 is 0 Å². The number of hydrogen-bond donors (Lipinski definition) is 4. The number of carbonyl (C=O) groups excluding carboxylic acids is 3. The summed E-state index contributed by atoms with van der Waals surface area (Å²) in [7, 11) is 2.98. The molecule has 1 unspecified atom stereocenters. The Morgan fingerprint density at radius 3 is 2.55 bits per heavy atom. The van der Waals surface area contributed by atoms with Crippen molar-refractivity contribution in [1.82, 2.24) is 9.97 Å². The molecule has 3 aromatic rings. The zero-order chi connectivity index (χ0) is 28.8. The smallest absolute Gasteiger partial charge is 0.255 e. The third-order valence-corrected chi connectivity index (χ3v) is 6.20. The fourth-order valence-electron chi connectivity index (χ4n) is 4.24. The van der Waals surface area contributed by atoms with Crippen LogP contribution in [-0.2, 0) is 9.59 Å². The molecule has 0 radical (unpaired) electrons. The maximum Gasteiger partial charge on any atom is 0.255 e. The van der Waals surface area contributed by atoms with Gasteiger partial charge in [-0.05, 0) is 43.2 Å². The number of amides is 3. The van der Waals surface area contributed by atoms with E-state index in [1.54, 1.807) is 18.2 Å². The normalized spacial score (nSPS) is 14.2. The second kappa shape index (κ2) is 12.0. The van der Waals surface area contributed by atoms with E-state index < -0.39 is 11.8 Å². The number of primary amides is 2. The molecule has 40 heavy (non-hydrogen) atoms. The minimum atomic E-state index is -0.816. The number of benzene rings is 2. The fraction of sp³-hybridized carbons (Fsp3) is 0.222. The Balaban J connectivity index is 1.65. The number of methoxy groups -OCH3 is 2. The van der Waals surface area contributed by atoms with Gasteiger partial charge in [0.2, 0.25) is 23.6 Å². The van der Waals surface area contributed by atoms with Gasteiger partial charge < -0.3 is 41.2 Å². The van der Waals surface area contributed by atoms with E-state index in [4.69, 9.17) is 25.7 Å². The lowest BCUT2D eigenvalue weighted by atomic mass is 10.2. The molecule has 6 N–H and O–H groups in total. The minimum Gasteiger partial charge on any atom is -0.497 e. The Morgan fingerprint density at radius 1 is 1.07 bits per heavy atom. The van der Waals surface area contributed by atoms with Crippen LogP contribution < -0.4 is 41.2 Å². The molecular formula is C27H29N7O6. The van der Waals surface area contributed by atoms with Crippen LogP contribution in [0, 0.1) is 0 Å². The highest BCUT2D eigenvalue weighted by Crippen LogP contribution is 2.36. The van der Waals surface area contributed by atoms with Gasteiger partial charge >= 0.3 is 0 Å². The Morgan fingerprint density at radius 2 is 1.88 bits per heavy atom. The van der Waals surface area contributed by atoms with Gasteiger partial charge in [0.05, 0.1) is 25.6 Å². The summed E-state index contributed by atoms with van der Waals surface area (Å²) >= 11 is 0. The van der Waals surface area contributed by atoms with Crippen LogP contribution in [-0.4, -0.2) is 54.5 Å². The van der Waals surface area contributed by atoms with Crippen molar-refractivity contribution in [1.29, 1.82) is 0 Å². The van der Waals surface area contributed by atoms with Crippen LogP contribution >= 0.6 is 0 Å². The first kappa shape index (κ1) is 27.7. The maximum absolute atomic E-state index is 12.1.